The number of nitrogens with zero attached hydrogens (tertiary/aromatic N) is 4. The lowest BCUT2D eigenvalue weighted by Gasteiger charge is -2.35. The third-order valence-electron chi connectivity index (χ3n) is 4.84. The van der Waals surface area contributed by atoms with Crippen molar-refractivity contribution in [3.8, 4) is 0 Å². The summed E-state index contributed by atoms with van der Waals surface area (Å²) in [4.78, 5) is 13.5. The molecule has 1 aliphatic carbocycles. The first-order chi connectivity index (χ1) is 10.7. The first-order valence-corrected chi connectivity index (χ1v) is 8.30. The maximum absolute atomic E-state index is 4.34. The summed E-state index contributed by atoms with van der Waals surface area (Å²) in [5.74, 6) is 1.57. The summed E-state index contributed by atoms with van der Waals surface area (Å²) in [5, 5.41) is 0. The third-order valence-corrected chi connectivity index (χ3v) is 4.84. The average molecular weight is 298 g/mol. The molecule has 1 aliphatic heterocycles. The molecule has 2 heterocycles. The molecule has 4 heteroatoms. The Morgan fingerprint density at radius 1 is 1.23 bits per heavy atom. The topological polar surface area (TPSA) is 32.3 Å². The van der Waals surface area contributed by atoms with Crippen LogP contribution in [0.15, 0.2) is 42.3 Å². The molecule has 0 aromatic carbocycles. The Morgan fingerprint density at radius 2 is 1.95 bits per heavy atom. The van der Waals surface area contributed by atoms with Gasteiger partial charge >= 0.3 is 0 Å². The van der Waals surface area contributed by atoms with Crippen molar-refractivity contribution in [3.63, 3.8) is 0 Å². The monoisotopic (exact) mass is 298 g/mol. The predicted molar refractivity (Wildman–Crippen MR) is 90.9 cm³/mol. The van der Waals surface area contributed by atoms with Gasteiger partial charge in [0.05, 0.1) is 0 Å². The fourth-order valence-corrected chi connectivity index (χ4v) is 3.33. The Hall–Kier alpha value is -1.68. The van der Waals surface area contributed by atoms with Crippen LogP contribution in [0.3, 0.4) is 0 Å². The lowest BCUT2D eigenvalue weighted by atomic mass is 9.85. The minimum absolute atomic E-state index is 0.704. The quantitative estimate of drug-likeness (QED) is 0.800. The standard InChI is InChI=1S/C18H26N4/c1-15(2)17-6-4-16(5-7-17)14-21-10-12-22(13-11-21)18-19-8-3-9-20-18/h3-4,8-9,17H,1,5-7,10-14H2,2H3/t17-/m0/s1. The van der Waals surface area contributed by atoms with E-state index < -0.39 is 0 Å². The lowest BCUT2D eigenvalue weighted by Crippen LogP contribution is -2.47. The second kappa shape index (κ2) is 7.05. The number of rotatable bonds is 4. The van der Waals surface area contributed by atoms with Gasteiger partial charge in [0.15, 0.2) is 0 Å². The van der Waals surface area contributed by atoms with Gasteiger partial charge in [0.1, 0.15) is 0 Å². The number of hydrogen-bond donors (Lipinski definition) is 0. The van der Waals surface area contributed by atoms with Gasteiger partial charge in [-0.1, -0.05) is 23.8 Å². The van der Waals surface area contributed by atoms with E-state index in [0.717, 1.165) is 38.7 Å². The summed E-state index contributed by atoms with van der Waals surface area (Å²) in [6.45, 7) is 11.6. The molecule has 1 aromatic heterocycles. The first kappa shape index (κ1) is 15.2. The van der Waals surface area contributed by atoms with E-state index >= 15 is 0 Å². The second-order valence-electron chi connectivity index (χ2n) is 6.49. The molecule has 1 saturated heterocycles. The maximum atomic E-state index is 4.34. The van der Waals surface area contributed by atoms with E-state index in [1.54, 1.807) is 5.57 Å². The maximum Gasteiger partial charge on any atom is 0.225 e. The van der Waals surface area contributed by atoms with Gasteiger partial charge in [0.2, 0.25) is 5.95 Å². The van der Waals surface area contributed by atoms with Gasteiger partial charge in [-0.2, -0.15) is 0 Å². The van der Waals surface area contributed by atoms with Crippen molar-refractivity contribution in [2.24, 2.45) is 5.92 Å². The molecule has 4 nitrogen and oxygen atoms in total. The molecule has 1 atom stereocenters. The third kappa shape index (κ3) is 3.74. The normalized spacial score (nSPS) is 23.2. The van der Waals surface area contributed by atoms with Crippen LogP contribution in [-0.4, -0.2) is 47.6 Å². The first-order valence-electron chi connectivity index (χ1n) is 8.30. The van der Waals surface area contributed by atoms with E-state index in [1.807, 2.05) is 18.5 Å². The fourth-order valence-electron chi connectivity index (χ4n) is 3.33. The van der Waals surface area contributed by atoms with Crippen molar-refractivity contribution in [1.82, 2.24) is 14.9 Å². The van der Waals surface area contributed by atoms with Crippen LogP contribution in [0.1, 0.15) is 26.2 Å². The van der Waals surface area contributed by atoms with Crippen molar-refractivity contribution in [1.29, 1.82) is 0 Å². The molecular weight excluding hydrogens is 272 g/mol. The second-order valence-corrected chi connectivity index (χ2v) is 6.49. The highest BCUT2D eigenvalue weighted by molar-refractivity contribution is 5.29. The van der Waals surface area contributed by atoms with E-state index in [1.165, 1.54) is 24.8 Å². The Bertz CT molecular complexity index is 529. The minimum atomic E-state index is 0.704. The van der Waals surface area contributed by atoms with Crippen LogP contribution in [0.2, 0.25) is 0 Å². The lowest BCUT2D eigenvalue weighted by molar-refractivity contribution is 0.271. The van der Waals surface area contributed by atoms with Gasteiger partial charge in [-0.3, -0.25) is 4.90 Å². The molecule has 2 aliphatic rings. The zero-order valence-corrected chi connectivity index (χ0v) is 13.5. The molecule has 0 saturated carbocycles. The summed E-state index contributed by atoms with van der Waals surface area (Å²) in [5.41, 5.74) is 2.95. The summed E-state index contributed by atoms with van der Waals surface area (Å²) in [7, 11) is 0. The summed E-state index contributed by atoms with van der Waals surface area (Å²) in [6, 6.07) is 1.87. The van der Waals surface area contributed by atoms with Crippen molar-refractivity contribution in [3.05, 3.63) is 42.3 Å². The van der Waals surface area contributed by atoms with E-state index in [9.17, 15) is 0 Å². The van der Waals surface area contributed by atoms with Crippen LogP contribution in [0, 0.1) is 5.92 Å². The van der Waals surface area contributed by atoms with Crippen LogP contribution in [0.4, 0.5) is 5.95 Å². The summed E-state index contributed by atoms with van der Waals surface area (Å²) in [6.07, 6.45) is 9.79. The molecule has 1 fully saturated rings. The van der Waals surface area contributed by atoms with Crippen LogP contribution < -0.4 is 4.90 Å². The van der Waals surface area contributed by atoms with Gasteiger partial charge in [0.25, 0.3) is 0 Å². The summed E-state index contributed by atoms with van der Waals surface area (Å²) < 4.78 is 0. The van der Waals surface area contributed by atoms with E-state index in [-0.39, 0.29) is 0 Å². The van der Waals surface area contributed by atoms with Crippen molar-refractivity contribution in [2.75, 3.05) is 37.6 Å². The molecule has 0 amide bonds. The highest BCUT2D eigenvalue weighted by Crippen LogP contribution is 2.28. The van der Waals surface area contributed by atoms with Gasteiger partial charge < -0.3 is 4.90 Å². The molecule has 0 radical (unpaired) electrons. The number of anilines is 1. The van der Waals surface area contributed by atoms with E-state index in [2.05, 4.69) is 39.3 Å². The van der Waals surface area contributed by atoms with E-state index in [4.69, 9.17) is 0 Å². The number of allylic oxidation sites excluding steroid dienone is 2. The molecule has 0 unspecified atom stereocenters. The largest absolute Gasteiger partial charge is 0.338 e. The number of aromatic nitrogens is 2. The Labute approximate surface area is 133 Å². The molecule has 1 aromatic rings. The Morgan fingerprint density at radius 3 is 2.55 bits per heavy atom. The SMILES string of the molecule is C=C(C)[C@H]1CC=C(CN2CCN(c3ncccn3)CC2)CC1. The molecule has 22 heavy (non-hydrogen) atoms. The highest BCUT2D eigenvalue weighted by atomic mass is 15.3. The number of piperazine rings is 1. The van der Waals surface area contributed by atoms with Gasteiger partial charge in [-0.15, -0.1) is 0 Å². The molecule has 3 rings (SSSR count). The van der Waals surface area contributed by atoms with Crippen molar-refractivity contribution in [2.45, 2.75) is 26.2 Å². The van der Waals surface area contributed by atoms with Crippen LogP contribution in [0.25, 0.3) is 0 Å². The average Bonchev–Trinajstić information content (AvgIpc) is 2.57. The molecule has 0 N–H and O–H groups in total. The van der Waals surface area contributed by atoms with Crippen molar-refractivity contribution < 1.29 is 0 Å². The predicted octanol–water partition coefficient (Wildman–Crippen LogP) is 2.90. The van der Waals surface area contributed by atoms with Gasteiger partial charge in [-0.05, 0) is 38.2 Å². The van der Waals surface area contributed by atoms with Crippen molar-refractivity contribution >= 4 is 5.95 Å². The Kier molecular flexibility index (Phi) is 4.88. The molecular formula is C18H26N4. The van der Waals surface area contributed by atoms with Crippen LogP contribution in [-0.2, 0) is 0 Å². The zero-order valence-electron chi connectivity index (χ0n) is 13.5. The molecule has 0 bridgehead atoms. The van der Waals surface area contributed by atoms with E-state index in [0.29, 0.717) is 5.92 Å². The van der Waals surface area contributed by atoms with Gasteiger partial charge in [-0.25, -0.2) is 9.97 Å². The van der Waals surface area contributed by atoms with Gasteiger partial charge in [0, 0.05) is 45.1 Å². The molecule has 118 valence electrons. The van der Waals surface area contributed by atoms with Crippen LogP contribution in [0.5, 0.6) is 0 Å². The zero-order chi connectivity index (χ0) is 15.4. The molecule has 0 spiro atoms. The fraction of sp³-hybridized carbons (Fsp3) is 0.556. The highest BCUT2D eigenvalue weighted by Gasteiger charge is 2.21. The summed E-state index contributed by atoms with van der Waals surface area (Å²) >= 11 is 0. The number of hydrogen-bond acceptors (Lipinski definition) is 4. The van der Waals surface area contributed by atoms with Crippen LogP contribution >= 0.6 is 0 Å². The minimum Gasteiger partial charge on any atom is -0.338 e. The Balaban J connectivity index is 1.48. The smallest absolute Gasteiger partial charge is 0.225 e.